The minimum absolute atomic E-state index is 0.237. The van der Waals surface area contributed by atoms with E-state index < -0.39 is 9.84 Å². The molecule has 2 nitrogen and oxygen atoms in total. The highest BCUT2D eigenvalue weighted by atomic mass is 79.9. The van der Waals surface area contributed by atoms with Crippen LogP contribution < -0.4 is 0 Å². The second kappa shape index (κ2) is 7.65. The molecule has 0 radical (unpaired) electrons. The molecule has 0 heterocycles. The predicted molar refractivity (Wildman–Crippen MR) is 84.2 cm³/mol. The van der Waals surface area contributed by atoms with Crippen LogP contribution in [0.5, 0.6) is 0 Å². The Labute approximate surface area is 126 Å². The van der Waals surface area contributed by atoms with Crippen LogP contribution in [0.4, 0.5) is 0 Å². The van der Waals surface area contributed by atoms with Crippen LogP contribution in [0, 0.1) is 0 Å². The van der Waals surface area contributed by atoms with Gasteiger partial charge in [-0.3, -0.25) is 0 Å². The van der Waals surface area contributed by atoms with Gasteiger partial charge in [0.1, 0.15) is 9.84 Å². The van der Waals surface area contributed by atoms with Crippen molar-refractivity contribution < 1.29 is 8.42 Å². The first-order valence-corrected chi connectivity index (χ1v) is 9.74. The molecule has 0 saturated carbocycles. The first kappa shape index (κ1) is 16.2. The van der Waals surface area contributed by atoms with E-state index in [-0.39, 0.29) is 11.5 Å². The normalized spacial score (nSPS) is 13.5. The van der Waals surface area contributed by atoms with Crippen molar-refractivity contribution in [1.29, 1.82) is 0 Å². The Morgan fingerprint density at radius 2 is 1.94 bits per heavy atom. The summed E-state index contributed by atoms with van der Waals surface area (Å²) in [5.74, 6) is 0.881. The molecular formula is C13H18Br2O2S. The molecule has 1 atom stereocenters. The van der Waals surface area contributed by atoms with Crippen molar-refractivity contribution in [2.45, 2.75) is 25.7 Å². The molecule has 0 spiro atoms. The zero-order chi connectivity index (χ0) is 13.6. The van der Waals surface area contributed by atoms with Gasteiger partial charge in [-0.15, -0.1) is 0 Å². The van der Waals surface area contributed by atoms with E-state index in [0.717, 1.165) is 16.2 Å². The smallest absolute Gasteiger partial charge is 0.150 e. The zero-order valence-electron chi connectivity index (χ0n) is 10.4. The molecule has 0 fully saturated rings. The maximum absolute atomic E-state index is 11.5. The molecular weight excluding hydrogens is 380 g/mol. The van der Waals surface area contributed by atoms with Gasteiger partial charge in [0, 0.05) is 15.6 Å². The van der Waals surface area contributed by atoms with E-state index in [1.165, 1.54) is 5.56 Å². The zero-order valence-corrected chi connectivity index (χ0v) is 14.4. The number of sulfone groups is 1. The molecule has 102 valence electrons. The Morgan fingerprint density at radius 1 is 1.28 bits per heavy atom. The molecule has 18 heavy (non-hydrogen) atoms. The molecule has 0 bridgehead atoms. The average Bonchev–Trinajstić information content (AvgIpc) is 2.36. The van der Waals surface area contributed by atoms with E-state index >= 15 is 0 Å². The summed E-state index contributed by atoms with van der Waals surface area (Å²) in [6, 6.07) is 8.11. The Balaban J connectivity index is 2.61. The summed E-state index contributed by atoms with van der Waals surface area (Å²) < 4.78 is 24.0. The lowest BCUT2D eigenvalue weighted by molar-refractivity contribution is 0.588. The van der Waals surface area contributed by atoms with Crippen molar-refractivity contribution in [3.63, 3.8) is 0 Å². The Hall–Kier alpha value is 0.130. The Morgan fingerprint density at radius 3 is 2.50 bits per heavy atom. The van der Waals surface area contributed by atoms with Gasteiger partial charge in [-0.25, -0.2) is 8.42 Å². The second-order valence-corrected chi connectivity index (χ2v) is 8.23. The standard InChI is InChI=1S/C13H18Br2O2S/c1-2-18(16,17)9-5-6-11(10-14)12-7-3-4-8-13(12)15/h3-4,7-8,11H,2,5-6,9-10H2,1H3. The number of hydrogen-bond acceptors (Lipinski definition) is 2. The molecule has 0 amide bonds. The molecule has 0 aromatic heterocycles. The molecule has 0 saturated heterocycles. The van der Waals surface area contributed by atoms with Crippen LogP contribution in [-0.4, -0.2) is 25.3 Å². The first-order valence-electron chi connectivity index (χ1n) is 6.01. The summed E-state index contributed by atoms with van der Waals surface area (Å²) in [4.78, 5) is 0. The molecule has 5 heteroatoms. The van der Waals surface area contributed by atoms with Gasteiger partial charge >= 0.3 is 0 Å². The van der Waals surface area contributed by atoms with Crippen LogP contribution in [0.25, 0.3) is 0 Å². The van der Waals surface area contributed by atoms with E-state index in [1.54, 1.807) is 6.92 Å². The van der Waals surface area contributed by atoms with Gasteiger partial charge in [-0.2, -0.15) is 0 Å². The lowest BCUT2D eigenvalue weighted by Crippen LogP contribution is -2.10. The van der Waals surface area contributed by atoms with Gasteiger partial charge in [-0.05, 0) is 30.4 Å². The molecule has 1 rings (SSSR count). The van der Waals surface area contributed by atoms with Crippen molar-refractivity contribution >= 4 is 41.7 Å². The number of rotatable bonds is 7. The van der Waals surface area contributed by atoms with Crippen molar-refractivity contribution in [3.8, 4) is 0 Å². The van der Waals surface area contributed by atoms with Gasteiger partial charge in [0.05, 0.1) is 5.75 Å². The van der Waals surface area contributed by atoms with Crippen molar-refractivity contribution in [1.82, 2.24) is 0 Å². The van der Waals surface area contributed by atoms with Crippen LogP contribution >= 0.6 is 31.9 Å². The highest BCUT2D eigenvalue weighted by Crippen LogP contribution is 2.29. The fourth-order valence-electron chi connectivity index (χ4n) is 1.82. The summed E-state index contributed by atoms with van der Waals surface area (Å²) in [5, 5.41) is 0.849. The van der Waals surface area contributed by atoms with E-state index in [1.807, 2.05) is 18.2 Å². The van der Waals surface area contributed by atoms with Gasteiger partial charge in [-0.1, -0.05) is 57.0 Å². The molecule has 1 aromatic carbocycles. The minimum atomic E-state index is -2.84. The highest BCUT2D eigenvalue weighted by molar-refractivity contribution is 9.10. The third-order valence-electron chi connectivity index (χ3n) is 2.98. The SMILES string of the molecule is CCS(=O)(=O)CCCC(CBr)c1ccccc1Br. The third kappa shape index (κ3) is 5.02. The summed E-state index contributed by atoms with van der Waals surface area (Å²) in [6.07, 6.45) is 1.60. The maximum atomic E-state index is 11.5. The van der Waals surface area contributed by atoms with Gasteiger partial charge in [0.15, 0.2) is 0 Å². The van der Waals surface area contributed by atoms with Crippen LogP contribution in [-0.2, 0) is 9.84 Å². The molecule has 0 aliphatic rings. The summed E-state index contributed by atoms with van der Waals surface area (Å²) in [5.41, 5.74) is 1.24. The lowest BCUT2D eigenvalue weighted by Gasteiger charge is -2.16. The van der Waals surface area contributed by atoms with E-state index in [4.69, 9.17) is 0 Å². The summed E-state index contributed by atoms with van der Waals surface area (Å²) in [7, 11) is -2.84. The van der Waals surface area contributed by atoms with E-state index in [0.29, 0.717) is 12.3 Å². The highest BCUT2D eigenvalue weighted by Gasteiger charge is 2.14. The molecule has 0 aliphatic heterocycles. The largest absolute Gasteiger partial charge is 0.229 e. The predicted octanol–water partition coefficient (Wildman–Crippen LogP) is 4.14. The first-order chi connectivity index (χ1) is 8.50. The van der Waals surface area contributed by atoms with Crippen molar-refractivity contribution in [3.05, 3.63) is 34.3 Å². The van der Waals surface area contributed by atoms with Gasteiger partial charge < -0.3 is 0 Å². The van der Waals surface area contributed by atoms with Crippen molar-refractivity contribution in [2.24, 2.45) is 0 Å². The third-order valence-corrected chi connectivity index (χ3v) is 6.27. The minimum Gasteiger partial charge on any atom is -0.229 e. The monoisotopic (exact) mass is 396 g/mol. The van der Waals surface area contributed by atoms with Crippen LogP contribution in [0.15, 0.2) is 28.7 Å². The number of hydrogen-bond donors (Lipinski definition) is 0. The fraction of sp³-hybridized carbons (Fsp3) is 0.538. The maximum Gasteiger partial charge on any atom is 0.150 e. The number of alkyl halides is 1. The van der Waals surface area contributed by atoms with Crippen LogP contribution in [0.2, 0.25) is 0 Å². The van der Waals surface area contributed by atoms with Crippen LogP contribution in [0.1, 0.15) is 31.2 Å². The van der Waals surface area contributed by atoms with E-state index in [2.05, 4.69) is 37.9 Å². The summed E-state index contributed by atoms with van der Waals surface area (Å²) >= 11 is 7.06. The Bertz CT molecular complexity index is 472. The second-order valence-electron chi connectivity index (χ2n) is 4.25. The molecule has 1 unspecified atom stereocenters. The lowest BCUT2D eigenvalue weighted by atomic mass is 9.97. The fourth-order valence-corrected chi connectivity index (χ4v) is 3.99. The van der Waals surface area contributed by atoms with Crippen LogP contribution in [0.3, 0.4) is 0 Å². The van der Waals surface area contributed by atoms with E-state index in [9.17, 15) is 8.42 Å². The van der Waals surface area contributed by atoms with Gasteiger partial charge in [0.25, 0.3) is 0 Å². The average molecular weight is 398 g/mol. The van der Waals surface area contributed by atoms with Crippen molar-refractivity contribution in [2.75, 3.05) is 16.8 Å². The molecule has 0 N–H and O–H groups in total. The van der Waals surface area contributed by atoms with Gasteiger partial charge in [0.2, 0.25) is 0 Å². The number of benzene rings is 1. The quantitative estimate of drug-likeness (QED) is 0.647. The number of halogens is 2. The molecule has 0 aliphatic carbocycles. The Kier molecular flexibility index (Phi) is 6.88. The summed E-state index contributed by atoms with van der Waals surface area (Å²) in [6.45, 7) is 1.70. The topological polar surface area (TPSA) is 34.1 Å². The molecule has 1 aromatic rings.